The number of hydrogen-bond acceptors (Lipinski definition) is 5. The van der Waals surface area contributed by atoms with Crippen LogP contribution in [-0.2, 0) is 4.74 Å². The highest BCUT2D eigenvalue weighted by molar-refractivity contribution is 7.99. The topological polar surface area (TPSA) is 47.3 Å². The minimum absolute atomic E-state index is 0.396. The highest BCUT2D eigenvalue weighted by Crippen LogP contribution is 2.27. The molecule has 0 radical (unpaired) electrons. The summed E-state index contributed by atoms with van der Waals surface area (Å²) in [5.74, 6) is 0. The molecule has 1 aliphatic rings. The number of thioether (sulfide) groups is 1. The maximum absolute atomic E-state index is 5.43. The molecule has 2 unspecified atom stereocenters. The molecule has 1 aromatic rings. The Bertz CT molecular complexity index is 266. The fourth-order valence-corrected chi connectivity index (χ4v) is 2.65. The van der Waals surface area contributed by atoms with Crippen LogP contribution < -0.4 is 5.32 Å². The summed E-state index contributed by atoms with van der Waals surface area (Å²) < 4.78 is 10.6. The Labute approximate surface area is 87.4 Å². The van der Waals surface area contributed by atoms with Crippen LogP contribution in [0.4, 0.5) is 0 Å². The third-order valence-corrected chi connectivity index (χ3v) is 3.51. The first-order valence-corrected chi connectivity index (χ1v) is 5.59. The first kappa shape index (κ1) is 10.0. The second-order valence-electron chi connectivity index (χ2n) is 3.21. The molecule has 2 atom stereocenters. The second-order valence-corrected chi connectivity index (χ2v) is 4.40. The lowest BCUT2D eigenvalue weighted by Crippen LogP contribution is -2.43. The number of oxazole rings is 1. The SMILES string of the molecule is CNC1CCOCC1Sc1ncco1. The van der Waals surface area contributed by atoms with Crippen LogP contribution in [0.3, 0.4) is 0 Å². The highest BCUT2D eigenvalue weighted by atomic mass is 32.2. The van der Waals surface area contributed by atoms with Crippen molar-refractivity contribution in [3.8, 4) is 0 Å². The summed E-state index contributed by atoms with van der Waals surface area (Å²) in [4.78, 5) is 4.09. The van der Waals surface area contributed by atoms with E-state index in [2.05, 4.69) is 10.3 Å². The van der Waals surface area contributed by atoms with Gasteiger partial charge in [0.25, 0.3) is 5.22 Å². The Kier molecular flexibility index (Phi) is 3.44. The minimum atomic E-state index is 0.396. The molecule has 0 aromatic carbocycles. The molecule has 0 amide bonds. The van der Waals surface area contributed by atoms with Gasteiger partial charge >= 0.3 is 0 Å². The van der Waals surface area contributed by atoms with Crippen molar-refractivity contribution in [1.82, 2.24) is 10.3 Å². The van der Waals surface area contributed by atoms with Crippen LogP contribution in [0.25, 0.3) is 0 Å². The molecule has 4 nitrogen and oxygen atoms in total. The van der Waals surface area contributed by atoms with E-state index in [9.17, 15) is 0 Å². The predicted molar refractivity (Wildman–Crippen MR) is 54.4 cm³/mol. The van der Waals surface area contributed by atoms with Crippen LogP contribution >= 0.6 is 11.8 Å². The van der Waals surface area contributed by atoms with Gasteiger partial charge in [-0.1, -0.05) is 11.8 Å². The van der Waals surface area contributed by atoms with E-state index in [-0.39, 0.29) is 0 Å². The summed E-state index contributed by atoms with van der Waals surface area (Å²) in [6.07, 6.45) is 4.32. The van der Waals surface area contributed by atoms with E-state index in [0.717, 1.165) is 24.9 Å². The molecule has 1 aromatic heterocycles. The Morgan fingerprint density at radius 2 is 2.57 bits per heavy atom. The molecular formula is C9H14N2O2S. The molecule has 0 saturated carbocycles. The molecule has 14 heavy (non-hydrogen) atoms. The van der Waals surface area contributed by atoms with E-state index >= 15 is 0 Å². The summed E-state index contributed by atoms with van der Waals surface area (Å²) in [6.45, 7) is 1.60. The number of rotatable bonds is 3. The van der Waals surface area contributed by atoms with Crippen LogP contribution in [0.1, 0.15) is 6.42 Å². The lowest BCUT2D eigenvalue weighted by Gasteiger charge is -2.29. The van der Waals surface area contributed by atoms with E-state index in [1.165, 1.54) is 0 Å². The third kappa shape index (κ3) is 2.29. The largest absolute Gasteiger partial charge is 0.440 e. The monoisotopic (exact) mass is 214 g/mol. The van der Waals surface area contributed by atoms with Crippen molar-refractivity contribution in [2.24, 2.45) is 0 Å². The van der Waals surface area contributed by atoms with Gasteiger partial charge in [-0.25, -0.2) is 4.98 Å². The Hall–Kier alpha value is -0.520. The molecule has 1 fully saturated rings. The van der Waals surface area contributed by atoms with E-state index in [1.54, 1.807) is 24.2 Å². The summed E-state index contributed by atoms with van der Waals surface area (Å²) >= 11 is 1.64. The molecule has 5 heteroatoms. The lowest BCUT2D eigenvalue weighted by molar-refractivity contribution is 0.0848. The molecule has 0 spiro atoms. The number of nitrogens with zero attached hydrogens (tertiary/aromatic N) is 1. The van der Waals surface area contributed by atoms with Crippen molar-refractivity contribution in [2.45, 2.75) is 22.9 Å². The highest BCUT2D eigenvalue weighted by Gasteiger charge is 2.26. The minimum Gasteiger partial charge on any atom is -0.440 e. The van der Waals surface area contributed by atoms with Crippen LogP contribution in [0.5, 0.6) is 0 Å². The van der Waals surface area contributed by atoms with Gasteiger partial charge in [0.2, 0.25) is 0 Å². The van der Waals surface area contributed by atoms with E-state index in [0.29, 0.717) is 11.3 Å². The van der Waals surface area contributed by atoms with Gasteiger partial charge in [0.05, 0.1) is 18.1 Å². The number of nitrogens with one attached hydrogen (secondary N) is 1. The van der Waals surface area contributed by atoms with Gasteiger partial charge in [0.1, 0.15) is 6.26 Å². The van der Waals surface area contributed by atoms with Crippen molar-refractivity contribution in [3.63, 3.8) is 0 Å². The molecule has 0 aliphatic carbocycles. The standard InChI is InChI=1S/C9H14N2O2S/c1-10-7-2-4-12-6-8(7)14-9-11-3-5-13-9/h3,5,7-8,10H,2,4,6H2,1H3. The van der Waals surface area contributed by atoms with Crippen LogP contribution in [0.15, 0.2) is 22.1 Å². The Morgan fingerprint density at radius 3 is 3.29 bits per heavy atom. The lowest BCUT2D eigenvalue weighted by atomic mass is 10.1. The second kappa shape index (κ2) is 4.82. The summed E-state index contributed by atoms with van der Waals surface area (Å²) in [6, 6.07) is 0.487. The molecule has 2 heterocycles. The predicted octanol–water partition coefficient (Wildman–Crippen LogP) is 1.14. The van der Waals surface area contributed by atoms with Crippen molar-refractivity contribution < 1.29 is 9.15 Å². The summed E-state index contributed by atoms with van der Waals surface area (Å²) in [5.41, 5.74) is 0. The zero-order chi connectivity index (χ0) is 9.80. The first-order chi connectivity index (χ1) is 6.90. The van der Waals surface area contributed by atoms with Gasteiger partial charge in [-0.3, -0.25) is 0 Å². The zero-order valence-corrected chi connectivity index (χ0v) is 8.92. The van der Waals surface area contributed by atoms with Crippen molar-refractivity contribution >= 4 is 11.8 Å². The number of aromatic nitrogens is 1. The van der Waals surface area contributed by atoms with Gasteiger partial charge < -0.3 is 14.5 Å². The quantitative estimate of drug-likeness (QED) is 0.817. The zero-order valence-electron chi connectivity index (χ0n) is 8.10. The van der Waals surface area contributed by atoms with Gasteiger partial charge in [-0.2, -0.15) is 0 Å². The molecule has 1 saturated heterocycles. The van der Waals surface area contributed by atoms with Crippen LogP contribution in [0.2, 0.25) is 0 Å². The normalized spacial score (nSPS) is 27.8. The molecule has 2 rings (SSSR count). The fraction of sp³-hybridized carbons (Fsp3) is 0.667. The molecule has 0 bridgehead atoms. The average molecular weight is 214 g/mol. The summed E-state index contributed by atoms with van der Waals surface area (Å²) in [5, 5.41) is 4.41. The van der Waals surface area contributed by atoms with E-state index < -0.39 is 0 Å². The summed E-state index contributed by atoms with van der Waals surface area (Å²) in [7, 11) is 1.99. The Morgan fingerprint density at radius 1 is 1.64 bits per heavy atom. The van der Waals surface area contributed by atoms with Gasteiger partial charge in [0.15, 0.2) is 0 Å². The van der Waals surface area contributed by atoms with Crippen LogP contribution in [0, 0.1) is 0 Å². The van der Waals surface area contributed by atoms with Crippen molar-refractivity contribution in [2.75, 3.05) is 20.3 Å². The van der Waals surface area contributed by atoms with Gasteiger partial charge in [0, 0.05) is 12.6 Å². The maximum atomic E-state index is 5.43. The number of hydrogen-bond donors (Lipinski definition) is 1. The van der Waals surface area contributed by atoms with E-state index in [4.69, 9.17) is 9.15 Å². The fourth-order valence-electron chi connectivity index (χ4n) is 1.56. The molecule has 78 valence electrons. The first-order valence-electron chi connectivity index (χ1n) is 4.71. The van der Waals surface area contributed by atoms with Crippen molar-refractivity contribution in [3.05, 3.63) is 12.5 Å². The van der Waals surface area contributed by atoms with E-state index in [1.807, 2.05) is 7.05 Å². The smallest absolute Gasteiger partial charge is 0.255 e. The molecule has 1 aliphatic heterocycles. The average Bonchev–Trinajstić information content (AvgIpc) is 2.71. The Balaban J connectivity index is 1.94. The van der Waals surface area contributed by atoms with Crippen LogP contribution in [-0.4, -0.2) is 36.5 Å². The maximum Gasteiger partial charge on any atom is 0.255 e. The third-order valence-electron chi connectivity index (χ3n) is 2.34. The number of ether oxygens (including phenoxy) is 1. The molecule has 1 N–H and O–H groups in total. The van der Waals surface area contributed by atoms with Gasteiger partial charge in [-0.15, -0.1) is 0 Å². The van der Waals surface area contributed by atoms with Gasteiger partial charge in [-0.05, 0) is 13.5 Å². The molecular weight excluding hydrogens is 200 g/mol. The van der Waals surface area contributed by atoms with Crippen molar-refractivity contribution in [1.29, 1.82) is 0 Å².